The number of benzene rings is 1. The number of imidazole rings is 1. The van der Waals surface area contributed by atoms with Gasteiger partial charge in [-0.3, -0.25) is 19.6 Å². The van der Waals surface area contributed by atoms with Crippen LogP contribution in [-0.2, 0) is 9.59 Å². The van der Waals surface area contributed by atoms with Crippen molar-refractivity contribution in [2.75, 3.05) is 5.75 Å². The molecule has 1 saturated heterocycles. The molecule has 1 unspecified atom stereocenters. The zero-order chi connectivity index (χ0) is 20.5. The van der Waals surface area contributed by atoms with Gasteiger partial charge in [-0.05, 0) is 50.5 Å². The molecule has 2 aromatic rings. The van der Waals surface area contributed by atoms with Crippen molar-refractivity contribution in [1.82, 2.24) is 25.3 Å². The third-order valence-corrected chi connectivity index (χ3v) is 5.60. The molecule has 0 saturated carbocycles. The van der Waals surface area contributed by atoms with E-state index in [2.05, 4.69) is 21.8 Å². The lowest BCUT2D eigenvalue weighted by Crippen LogP contribution is -2.49. The normalized spacial score (nSPS) is 19.1. The van der Waals surface area contributed by atoms with E-state index >= 15 is 0 Å². The Morgan fingerprint density at radius 3 is 2.54 bits per heavy atom. The number of imide groups is 1. The number of aryl methyl sites for hydroxylation is 2. The number of hydrogen-bond donors (Lipinski definition) is 2. The molecule has 0 radical (unpaired) electrons. The number of hydrazine groups is 1. The van der Waals surface area contributed by atoms with Crippen LogP contribution >= 0.6 is 11.8 Å². The maximum Gasteiger partial charge on any atom is 0.344 e. The average molecular weight is 401 g/mol. The van der Waals surface area contributed by atoms with Crippen LogP contribution < -0.4 is 10.7 Å². The molecule has 8 nitrogen and oxygen atoms in total. The number of aromatic nitrogens is 2. The van der Waals surface area contributed by atoms with E-state index in [1.165, 1.54) is 11.8 Å². The van der Waals surface area contributed by atoms with Gasteiger partial charge in [0.25, 0.3) is 5.91 Å². The molecule has 0 spiro atoms. The SMILES string of the molecule is CCC1(C)NC(=O)N(NC(=O)CSc2nccn2-c2cc(C)cc(C)c2)C1=O. The van der Waals surface area contributed by atoms with Gasteiger partial charge in [-0.25, -0.2) is 9.78 Å². The fourth-order valence-electron chi connectivity index (χ4n) is 3.00. The fraction of sp³-hybridized carbons (Fsp3) is 0.368. The van der Waals surface area contributed by atoms with Crippen molar-refractivity contribution >= 4 is 29.6 Å². The van der Waals surface area contributed by atoms with Crippen molar-refractivity contribution in [2.24, 2.45) is 0 Å². The highest BCUT2D eigenvalue weighted by molar-refractivity contribution is 7.99. The fourth-order valence-corrected chi connectivity index (χ4v) is 3.76. The van der Waals surface area contributed by atoms with Gasteiger partial charge in [0.2, 0.25) is 5.91 Å². The van der Waals surface area contributed by atoms with Crippen LogP contribution in [0.3, 0.4) is 0 Å². The summed E-state index contributed by atoms with van der Waals surface area (Å²) in [5.74, 6) is -0.902. The molecule has 1 aliphatic heterocycles. The van der Waals surface area contributed by atoms with Crippen LogP contribution in [0.1, 0.15) is 31.4 Å². The average Bonchev–Trinajstić information content (AvgIpc) is 3.18. The molecule has 1 aliphatic rings. The molecule has 9 heteroatoms. The molecule has 3 rings (SSSR count). The van der Waals surface area contributed by atoms with Crippen molar-refractivity contribution in [3.63, 3.8) is 0 Å². The molecule has 1 fully saturated rings. The minimum atomic E-state index is -0.989. The first-order valence-electron chi connectivity index (χ1n) is 8.94. The van der Waals surface area contributed by atoms with Crippen molar-refractivity contribution in [2.45, 2.75) is 44.8 Å². The second-order valence-electron chi connectivity index (χ2n) is 7.01. The Labute approximate surface area is 167 Å². The number of carbonyl (C=O) groups is 3. The number of amides is 4. The molecular formula is C19H23N5O3S. The van der Waals surface area contributed by atoms with Crippen LogP contribution in [0.25, 0.3) is 5.69 Å². The van der Waals surface area contributed by atoms with Gasteiger partial charge >= 0.3 is 6.03 Å². The van der Waals surface area contributed by atoms with Crippen molar-refractivity contribution in [1.29, 1.82) is 0 Å². The molecule has 0 aliphatic carbocycles. The van der Waals surface area contributed by atoms with Crippen LogP contribution in [0.15, 0.2) is 35.7 Å². The van der Waals surface area contributed by atoms with Crippen LogP contribution in [0, 0.1) is 13.8 Å². The molecule has 1 aromatic carbocycles. The molecule has 1 aromatic heterocycles. The van der Waals surface area contributed by atoms with Crippen molar-refractivity contribution in [3.8, 4) is 5.69 Å². The van der Waals surface area contributed by atoms with E-state index in [9.17, 15) is 14.4 Å². The minimum absolute atomic E-state index is 0.0156. The predicted octanol–water partition coefficient (Wildman–Crippen LogP) is 2.33. The van der Waals surface area contributed by atoms with Gasteiger partial charge in [0.05, 0.1) is 5.75 Å². The maximum absolute atomic E-state index is 12.3. The van der Waals surface area contributed by atoms with Gasteiger partial charge in [0.15, 0.2) is 5.16 Å². The maximum atomic E-state index is 12.3. The van der Waals surface area contributed by atoms with E-state index in [4.69, 9.17) is 0 Å². The van der Waals surface area contributed by atoms with Gasteiger partial charge in [-0.15, -0.1) is 0 Å². The standard InChI is InChI=1S/C19H23N5O3S/c1-5-19(4)16(26)24(17(27)21-19)22-15(25)11-28-18-20-6-7-23(18)14-9-12(2)8-13(3)10-14/h6-10H,5,11H2,1-4H3,(H,21,27)(H,22,25). The molecule has 4 amide bonds. The lowest BCUT2D eigenvalue weighted by atomic mass is 10.00. The second-order valence-corrected chi connectivity index (χ2v) is 7.95. The van der Waals surface area contributed by atoms with E-state index in [1.54, 1.807) is 20.0 Å². The quantitative estimate of drug-likeness (QED) is 0.572. The Morgan fingerprint density at radius 1 is 1.25 bits per heavy atom. The zero-order valence-corrected chi connectivity index (χ0v) is 17.1. The predicted molar refractivity (Wildman–Crippen MR) is 106 cm³/mol. The number of urea groups is 1. The third kappa shape index (κ3) is 3.89. The van der Waals surface area contributed by atoms with E-state index in [0.717, 1.165) is 21.8 Å². The third-order valence-electron chi connectivity index (χ3n) is 4.63. The molecule has 0 bridgehead atoms. The highest BCUT2D eigenvalue weighted by atomic mass is 32.2. The van der Waals surface area contributed by atoms with E-state index < -0.39 is 23.4 Å². The summed E-state index contributed by atoms with van der Waals surface area (Å²) >= 11 is 1.23. The summed E-state index contributed by atoms with van der Waals surface area (Å²) in [6.07, 6.45) is 3.94. The summed E-state index contributed by atoms with van der Waals surface area (Å²) in [6.45, 7) is 7.48. The number of nitrogens with one attached hydrogen (secondary N) is 2. The lowest BCUT2D eigenvalue weighted by molar-refractivity contribution is -0.137. The van der Waals surface area contributed by atoms with Crippen molar-refractivity contribution in [3.05, 3.63) is 41.7 Å². The smallest absolute Gasteiger partial charge is 0.322 e. The van der Waals surface area contributed by atoms with Gasteiger partial charge in [-0.1, -0.05) is 24.8 Å². The zero-order valence-electron chi connectivity index (χ0n) is 16.3. The van der Waals surface area contributed by atoms with Gasteiger partial charge in [0.1, 0.15) is 5.54 Å². The summed E-state index contributed by atoms with van der Waals surface area (Å²) in [4.78, 5) is 40.9. The van der Waals surface area contributed by atoms with Gasteiger partial charge in [0, 0.05) is 18.1 Å². The van der Waals surface area contributed by atoms with Crippen LogP contribution in [-0.4, -0.2) is 43.7 Å². The number of rotatable bonds is 6. The molecular weight excluding hydrogens is 378 g/mol. The van der Waals surface area contributed by atoms with Gasteiger partial charge < -0.3 is 5.32 Å². The summed E-state index contributed by atoms with van der Waals surface area (Å²) in [6, 6.07) is 5.54. The number of carbonyl (C=O) groups excluding carboxylic acids is 3. The number of hydrogen-bond acceptors (Lipinski definition) is 5. The number of thioether (sulfide) groups is 1. The van der Waals surface area contributed by atoms with Crippen LogP contribution in [0.4, 0.5) is 4.79 Å². The lowest BCUT2D eigenvalue weighted by Gasteiger charge is -2.19. The first-order valence-corrected chi connectivity index (χ1v) is 9.93. The Kier molecular flexibility index (Phi) is 5.46. The van der Waals surface area contributed by atoms with E-state index in [0.29, 0.717) is 11.6 Å². The van der Waals surface area contributed by atoms with Crippen LogP contribution in [0.5, 0.6) is 0 Å². The van der Waals surface area contributed by atoms with E-state index in [-0.39, 0.29) is 5.75 Å². The van der Waals surface area contributed by atoms with Crippen LogP contribution in [0.2, 0.25) is 0 Å². The first-order chi connectivity index (χ1) is 13.2. The minimum Gasteiger partial charge on any atom is -0.322 e. The first kappa shape index (κ1) is 19.9. The van der Waals surface area contributed by atoms with Crippen molar-refractivity contribution < 1.29 is 14.4 Å². The molecule has 1 atom stereocenters. The Balaban J connectivity index is 1.66. The summed E-state index contributed by atoms with van der Waals surface area (Å²) in [5, 5.41) is 4.00. The Morgan fingerprint density at radius 2 is 1.93 bits per heavy atom. The highest BCUT2D eigenvalue weighted by Gasteiger charge is 2.47. The monoisotopic (exact) mass is 401 g/mol. The molecule has 2 heterocycles. The largest absolute Gasteiger partial charge is 0.344 e. The Bertz CT molecular complexity index is 921. The second kappa shape index (κ2) is 7.67. The molecule has 28 heavy (non-hydrogen) atoms. The highest BCUT2D eigenvalue weighted by Crippen LogP contribution is 2.23. The van der Waals surface area contributed by atoms with Gasteiger partial charge in [-0.2, -0.15) is 5.01 Å². The summed E-state index contributed by atoms with van der Waals surface area (Å²) in [7, 11) is 0. The summed E-state index contributed by atoms with van der Waals surface area (Å²) < 4.78 is 1.90. The molecule has 148 valence electrons. The molecule has 2 N–H and O–H groups in total. The summed E-state index contributed by atoms with van der Waals surface area (Å²) in [5.41, 5.74) is 4.63. The van der Waals surface area contributed by atoms with E-state index in [1.807, 2.05) is 36.7 Å². The number of nitrogens with zero attached hydrogens (tertiary/aromatic N) is 3. The topological polar surface area (TPSA) is 96.3 Å². The Hall–Kier alpha value is -2.81.